The zero-order valence-corrected chi connectivity index (χ0v) is 8.75. The largest absolute Gasteiger partial charge is 0.418 e. The van der Waals surface area contributed by atoms with Crippen LogP contribution in [0.4, 0.5) is 13.2 Å². The maximum atomic E-state index is 12.7. The van der Waals surface area contributed by atoms with Crippen LogP contribution in [0.5, 0.6) is 0 Å². The number of nitrogens with zero attached hydrogens (tertiary/aromatic N) is 1. The van der Waals surface area contributed by atoms with E-state index in [-0.39, 0.29) is 10.5 Å². The second kappa shape index (κ2) is 4.58. The lowest BCUT2D eigenvalue weighted by Crippen LogP contribution is -2.09. The smallest absolute Gasteiger partial charge is 0.192 e. The van der Waals surface area contributed by atoms with Crippen molar-refractivity contribution < 1.29 is 13.2 Å². The van der Waals surface area contributed by atoms with Crippen molar-refractivity contribution in [2.75, 3.05) is 5.75 Å². The lowest BCUT2D eigenvalue weighted by molar-refractivity contribution is -0.139. The fourth-order valence-electron chi connectivity index (χ4n) is 1.19. The summed E-state index contributed by atoms with van der Waals surface area (Å²) in [5, 5.41) is 8.62. The van der Waals surface area contributed by atoms with Crippen molar-refractivity contribution in [3.63, 3.8) is 0 Å². The molecule has 0 aliphatic rings. The summed E-state index contributed by atoms with van der Waals surface area (Å²) in [7, 11) is 0. The number of halogens is 3. The Morgan fingerprint density at radius 1 is 1.40 bits per heavy atom. The Bertz CT molecular complexity index is 393. The predicted molar refractivity (Wildman–Crippen MR) is 52.6 cm³/mol. The summed E-state index contributed by atoms with van der Waals surface area (Å²) in [5.74, 6) is 0.540. The second-order valence-electron chi connectivity index (χ2n) is 2.72. The van der Waals surface area contributed by atoms with E-state index in [0.29, 0.717) is 5.75 Å². The first-order valence-corrected chi connectivity index (χ1v) is 5.22. The predicted octanol–water partition coefficient (Wildman–Crippen LogP) is 3.69. The Morgan fingerprint density at radius 3 is 2.53 bits per heavy atom. The molecule has 1 rings (SSSR count). The number of hydrogen-bond donors (Lipinski definition) is 0. The topological polar surface area (TPSA) is 23.8 Å². The average Bonchev–Trinajstić information content (AvgIpc) is 2.16. The molecule has 0 unspecified atom stereocenters. The molecule has 0 bridgehead atoms. The van der Waals surface area contributed by atoms with E-state index in [2.05, 4.69) is 0 Å². The van der Waals surface area contributed by atoms with Gasteiger partial charge in [-0.25, -0.2) is 0 Å². The van der Waals surface area contributed by atoms with Gasteiger partial charge < -0.3 is 0 Å². The Kier molecular flexibility index (Phi) is 3.64. The van der Waals surface area contributed by atoms with Crippen LogP contribution in [0.3, 0.4) is 0 Å². The van der Waals surface area contributed by atoms with Gasteiger partial charge in [0.05, 0.1) is 17.2 Å². The van der Waals surface area contributed by atoms with Crippen molar-refractivity contribution in [3.8, 4) is 6.07 Å². The summed E-state index contributed by atoms with van der Waals surface area (Å²) in [6.45, 7) is 1.77. The van der Waals surface area contributed by atoms with E-state index >= 15 is 0 Å². The van der Waals surface area contributed by atoms with E-state index in [1.807, 2.05) is 0 Å². The molecule has 0 fully saturated rings. The molecule has 0 saturated carbocycles. The van der Waals surface area contributed by atoms with Gasteiger partial charge >= 0.3 is 6.18 Å². The number of hydrogen-bond acceptors (Lipinski definition) is 2. The van der Waals surface area contributed by atoms with Crippen LogP contribution in [0.15, 0.2) is 23.1 Å². The number of nitriles is 1. The molecule has 1 aromatic rings. The van der Waals surface area contributed by atoms with Crippen molar-refractivity contribution in [1.29, 1.82) is 5.26 Å². The van der Waals surface area contributed by atoms with Gasteiger partial charge in [0.1, 0.15) is 0 Å². The molecule has 0 spiro atoms. The van der Waals surface area contributed by atoms with E-state index in [1.165, 1.54) is 18.2 Å². The summed E-state index contributed by atoms with van der Waals surface area (Å²) < 4.78 is 38.0. The third-order valence-corrected chi connectivity index (χ3v) is 2.67. The Hall–Kier alpha value is -1.15. The summed E-state index contributed by atoms with van der Waals surface area (Å²) in [5.41, 5.74) is -1.14. The van der Waals surface area contributed by atoms with E-state index in [4.69, 9.17) is 5.26 Å². The maximum Gasteiger partial charge on any atom is 0.418 e. The van der Waals surface area contributed by atoms with Gasteiger partial charge in [-0.15, -0.1) is 11.8 Å². The minimum atomic E-state index is -4.47. The van der Waals surface area contributed by atoms with E-state index in [0.717, 1.165) is 11.8 Å². The van der Waals surface area contributed by atoms with E-state index < -0.39 is 11.7 Å². The minimum absolute atomic E-state index is 0.115. The molecule has 0 heterocycles. The van der Waals surface area contributed by atoms with Crippen LogP contribution in [-0.2, 0) is 6.18 Å². The van der Waals surface area contributed by atoms with Gasteiger partial charge in [-0.3, -0.25) is 0 Å². The van der Waals surface area contributed by atoms with Crippen molar-refractivity contribution >= 4 is 11.8 Å². The normalized spacial score (nSPS) is 11.1. The van der Waals surface area contributed by atoms with Crippen LogP contribution in [0.25, 0.3) is 0 Å². The molecule has 1 nitrogen and oxygen atoms in total. The lowest BCUT2D eigenvalue weighted by Gasteiger charge is -2.12. The van der Waals surface area contributed by atoms with Crippen LogP contribution >= 0.6 is 11.8 Å². The molecule has 0 radical (unpaired) electrons. The van der Waals surface area contributed by atoms with Crippen LogP contribution in [0.1, 0.15) is 18.1 Å². The van der Waals surface area contributed by atoms with Crippen molar-refractivity contribution in [3.05, 3.63) is 29.3 Å². The molecule has 0 atom stereocenters. The quantitative estimate of drug-likeness (QED) is 0.725. The van der Waals surface area contributed by atoms with Crippen LogP contribution in [0.2, 0.25) is 0 Å². The Morgan fingerprint density at radius 2 is 2.07 bits per heavy atom. The highest BCUT2D eigenvalue weighted by atomic mass is 32.2. The van der Waals surface area contributed by atoms with Crippen molar-refractivity contribution in [1.82, 2.24) is 0 Å². The van der Waals surface area contributed by atoms with Gasteiger partial charge in [-0.2, -0.15) is 18.4 Å². The lowest BCUT2D eigenvalue weighted by atomic mass is 10.1. The highest BCUT2D eigenvalue weighted by Gasteiger charge is 2.36. The van der Waals surface area contributed by atoms with Crippen LogP contribution in [-0.4, -0.2) is 5.75 Å². The molecule has 5 heteroatoms. The zero-order chi connectivity index (χ0) is 11.5. The molecular weight excluding hydrogens is 223 g/mol. The highest BCUT2D eigenvalue weighted by molar-refractivity contribution is 7.99. The summed E-state index contributed by atoms with van der Waals surface area (Å²) in [6.07, 6.45) is -4.47. The first kappa shape index (κ1) is 11.9. The Labute approximate surface area is 89.9 Å². The molecule has 0 amide bonds. The van der Waals surface area contributed by atoms with Crippen LogP contribution < -0.4 is 0 Å². The molecule has 0 saturated heterocycles. The molecule has 0 aromatic heterocycles. The number of benzene rings is 1. The van der Waals surface area contributed by atoms with Gasteiger partial charge in [0.15, 0.2) is 0 Å². The second-order valence-corrected chi connectivity index (χ2v) is 4.03. The third kappa shape index (κ3) is 2.66. The van der Waals surface area contributed by atoms with E-state index in [9.17, 15) is 13.2 Å². The highest BCUT2D eigenvalue weighted by Crippen LogP contribution is 2.38. The molecule has 0 aliphatic carbocycles. The molecule has 1 aromatic carbocycles. The first-order chi connectivity index (χ1) is 7.00. The van der Waals surface area contributed by atoms with Crippen molar-refractivity contribution in [2.45, 2.75) is 18.0 Å². The molecular formula is C10H8F3NS. The maximum absolute atomic E-state index is 12.7. The third-order valence-electron chi connectivity index (χ3n) is 1.73. The molecule has 80 valence electrons. The van der Waals surface area contributed by atoms with Crippen LogP contribution in [0, 0.1) is 11.3 Å². The Balaban J connectivity index is 3.35. The number of thioether (sulfide) groups is 1. The average molecular weight is 231 g/mol. The van der Waals surface area contributed by atoms with Gasteiger partial charge in [-0.05, 0) is 17.9 Å². The first-order valence-electron chi connectivity index (χ1n) is 4.23. The van der Waals surface area contributed by atoms with Gasteiger partial charge in [0, 0.05) is 4.90 Å². The van der Waals surface area contributed by atoms with Crippen molar-refractivity contribution in [2.24, 2.45) is 0 Å². The number of alkyl halides is 3. The molecule has 15 heavy (non-hydrogen) atoms. The minimum Gasteiger partial charge on any atom is -0.192 e. The monoisotopic (exact) mass is 231 g/mol. The number of rotatable bonds is 2. The summed E-state index contributed by atoms with van der Waals surface area (Å²) in [4.78, 5) is 0.115. The van der Waals surface area contributed by atoms with Gasteiger partial charge in [-0.1, -0.05) is 13.0 Å². The zero-order valence-electron chi connectivity index (χ0n) is 7.93. The van der Waals surface area contributed by atoms with Gasteiger partial charge in [0.25, 0.3) is 0 Å². The summed E-state index contributed by atoms with van der Waals surface area (Å²) >= 11 is 1.09. The van der Waals surface area contributed by atoms with E-state index in [1.54, 1.807) is 13.0 Å². The fourth-order valence-corrected chi connectivity index (χ4v) is 2.05. The molecule has 0 N–H and O–H groups in total. The van der Waals surface area contributed by atoms with Gasteiger partial charge in [0.2, 0.25) is 0 Å². The SMILES string of the molecule is CCSc1cccc(C#N)c1C(F)(F)F. The standard InChI is InChI=1S/C10H8F3NS/c1-2-15-8-5-3-4-7(6-14)9(8)10(11,12)13/h3-5H,2H2,1H3. The summed E-state index contributed by atoms with van der Waals surface area (Å²) in [6, 6.07) is 5.60. The molecule has 0 aliphatic heterocycles. The fraction of sp³-hybridized carbons (Fsp3) is 0.300.